The molecule has 1 aromatic heterocycles. The second-order valence-electron chi connectivity index (χ2n) is 4.70. The van der Waals surface area contributed by atoms with Crippen molar-refractivity contribution in [1.29, 1.82) is 0 Å². The van der Waals surface area contributed by atoms with Crippen molar-refractivity contribution in [3.8, 4) is 5.75 Å². The SMILES string of the molecule is CNC(C(=O)NCc1ccccc1OC)c1cnn(C)c1.Cl. The number of rotatable bonds is 6. The van der Waals surface area contributed by atoms with Crippen molar-refractivity contribution < 1.29 is 9.53 Å². The molecular formula is C15H21ClN4O2. The number of ether oxygens (including phenoxy) is 1. The molecule has 0 saturated heterocycles. The average Bonchev–Trinajstić information content (AvgIpc) is 2.92. The fraction of sp³-hybridized carbons (Fsp3) is 0.333. The van der Waals surface area contributed by atoms with E-state index in [4.69, 9.17) is 4.74 Å². The van der Waals surface area contributed by atoms with Gasteiger partial charge in [0.05, 0.1) is 13.3 Å². The summed E-state index contributed by atoms with van der Waals surface area (Å²) in [6.45, 7) is 0.418. The van der Waals surface area contributed by atoms with Gasteiger partial charge in [0.25, 0.3) is 0 Å². The minimum Gasteiger partial charge on any atom is -0.496 e. The second kappa shape index (κ2) is 8.41. The summed E-state index contributed by atoms with van der Waals surface area (Å²) in [5.41, 5.74) is 1.77. The number of carbonyl (C=O) groups is 1. The van der Waals surface area contributed by atoms with Crippen LogP contribution in [-0.2, 0) is 18.4 Å². The molecular weight excluding hydrogens is 304 g/mol. The van der Waals surface area contributed by atoms with Crippen LogP contribution in [0.3, 0.4) is 0 Å². The van der Waals surface area contributed by atoms with Gasteiger partial charge in [0.2, 0.25) is 5.91 Å². The first-order chi connectivity index (χ1) is 10.2. The molecule has 6 nitrogen and oxygen atoms in total. The molecule has 2 N–H and O–H groups in total. The van der Waals surface area contributed by atoms with Crippen molar-refractivity contribution in [3.63, 3.8) is 0 Å². The van der Waals surface area contributed by atoms with Crippen LogP contribution >= 0.6 is 12.4 Å². The van der Waals surface area contributed by atoms with Gasteiger partial charge in [-0.1, -0.05) is 18.2 Å². The van der Waals surface area contributed by atoms with Crippen molar-refractivity contribution >= 4 is 18.3 Å². The van der Waals surface area contributed by atoms with Gasteiger partial charge >= 0.3 is 0 Å². The van der Waals surface area contributed by atoms with Crippen molar-refractivity contribution in [1.82, 2.24) is 20.4 Å². The minimum atomic E-state index is -0.423. The smallest absolute Gasteiger partial charge is 0.242 e. The lowest BCUT2D eigenvalue weighted by Crippen LogP contribution is -2.35. The van der Waals surface area contributed by atoms with Gasteiger partial charge in [-0.25, -0.2) is 0 Å². The van der Waals surface area contributed by atoms with Gasteiger partial charge in [0, 0.05) is 30.9 Å². The molecule has 120 valence electrons. The molecule has 1 unspecified atom stereocenters. The summed E-state index contributed by atoms with van der Waals surface area (Å²) in [4.78, 5) is 12.3. The number of aromatic nitrogens is 2. The van der Waals surface area contributed by atoms with E-state index in [2.05, 4.69) is 15.7 Å². The Hall–Kier alpha value is -2.05. The molecule has 7 heteroatoms. The van der Waals surface area contributed by atoms with E-state index < -0.39 is 6.04 Å². The van der Waals surface area contributed by atoms with Crippen LogP contribution < -0.4 is 15.4 Å². The summed E-state index contributed by atoms with van der Waals surface area (Å²) < 4.78 is 6.95. The molecule has 1 heterocycles. The van der Waals surface area contributed by atoms with Gasteiger partial charge in [0.1, 0.15) is 11.8 Å². The van der Waals surface area contributed by atoms with E-state index in [1.807, 2.05) is 37.5 Å². The summed E-state index contributed by atoms with van der Waals surface area (Å²) in [5.74, 6) is 0.664. The molecule has 0 saturated carbocycles. The minimum absolute atomic E-state index is 0. The fourth-order valence-corrected chi connectivity index (χ4v) is 2.17. The van der Waals surface area contributed by atoms with Crippen molar-refractivity contribution in [2.45, 2.75) is 12.6 Å². The summed E-state index contributed by atoms with van der Waals surface area (Å²) in [6, 6.07) is 7.19. The number of methoxy groups -OCH3 is 1. The number of halogens is 1. The maximum Gasteiger partial charge on any atom is 0.242 e. The highest BCUT2D eigenvalue weighted by Crippen LogP contribution is 2.17. The molecule has 0 bridgehead atoms. The van der Waals surface area contributed by atoms with E-state index in [1.165, 1.54) is 0 Å². The first-order valence-electron chi connectivity index (χ1n) is 6.71. The Morgan fingerprint density at radius 2 is 2.14 bits per heavy atom. The van der Waals surface area contributed by atoms with Gasteiger partial charge in [0.15, 0.2) is 0 Å². The third kappa shape index (κ3) is 4.22. The number of amides is 1. The van der Waals surface area contributed by atoms with Crippen LogP contribution in [-0.4, -0.2) is 29.8 Å². The average molecular weight is 325 g/mol. The van der Waals surface area contributed by atoms with Crippen LogP contribution in [0.5, 0.6) is 5.75 Å². The molecule has 0 radical (unpaired) electrons. The van der Waals surface area contributed by atoms with Gasteiger partial charge in [-0.2, -0.15) is 5.10 Å². The monoisotopic (exact) mass is 324 g/mol. The molecule has 2 aromatic rings. The van der Waals surface area contributed by atoms with Crippen LogP contribution in [0.25, 0.3) is 0 Å². The van der Waals surface area contributed by atoms with Gasteiger partial charge < -0.3 is 15.4 Å². The Labute approximate surface area is 136 Å². The highest BCUT2D eigenvalue weighted by Gasteiger charge is 2.20. The van der Waals surface area contributed by atoms with Gasteiger partial charge in [-0.15, -0.1) is 12.4 Å². The molecule has 0 aliphatic rings. The van der Waals surface area contributed by atoms with Crippen LogP contribution in [0.2, 0.25) is 0 Å². The molecule has 0 aliphatic carbocycles. The first kappa shape index (κ1) is 18.0. The number of carbonyl (C=O) groups excluding carboxylic acids is 1. The molecule has 1 amide bonds. The Kier molecular flexibility index (Phi) is 6.88. The zero-order valence-corrected chi connectivity index (χ0v) is 13.7. The van der Waals surface area contributed by atoms with E-state index in [1.54, 1.807) is 25.0 Å². The molecule has 0 fully saturated rings. The predicted molar refractivity (Wildman–Crippen MR) is 87.1 cm³/mol. The van der Waals surface area contributed by atoms with Crippen LogP contribution in [0.15, 0.2) is 36.7 Å². The van der Waals surface area contributed by atoms with E-state index in [0.717, 1.165) is 16.9 Å². The third-order valence-corrected chi connectivity index (χ3v) is 3.25. The molecule has 1 atom stereocenters. The van der Waals surface area contributed by atoms with Crippen molar-refractivity contribution in [2.24, 2.45) is 7.05 Å². The fourth-order valence-electron chi connectivity index (χ4n) is 2.17. The first-order valence-corrected chi connectivity index (χ1v) is 6.71. The molecule has 0 spiro atoms. The highest BCUT2D eigenvalue weighted by molar-refractivity contribution is 5.85. The number of hydrogen-bond donors (Lipinski definition) is 2. The standard InChI is InChI=1S/C15H20N4O2.ClH/c1-16-14(12-9-18-19(2)10-12)15(20)17-8-11-6-4-5-7-13(11)21-3;/h4-7,9-10,14,16H,8H2,1-3H3,(H,17,20);1H. The Morgan fingerprint density at radius 1 is 1.41 bits per heavy atom. The number of aryl methyl sites for hydroxylation is 1. The molecule has 2 rings (SSSR count). The number of nitrogens with zero attached hydrogens (tertiary/aromatic N) is 2. The highest BCUT2D eigenvalue weighted by atomic mass is 35.5. The summed E-state index contributed by atoms with van der Waals surface area (Å²) in [6.07, 6.45) is 3.51. The number of hydrogen-bond acceptors (Lipinski definition) is 4. The van der Waals surface area contributed by atoms with Crippen LogP contribution in [0.1, 0.15) is 17.2 Å². The maximum atomic E-state index is 12.3. The molecule has 22 heavy (non-hydrogen) atoms. The zero-order valence-electron chi connectivity index (χ0n) is 12.9. The number of likely N-dealkylation sites (N-methyl/N-ethyl adjacent to an activating group) is 1. The van der Waals surface area contributed by atoms with E-state index in [-0.39, 0.29) is 18.3 Å². The number of nitrogens with one attached hydrogen (secondary N) is 2. The Bertz CT molecular complexity index is 615. The third-order valence-electron chi connectivity index (χ3n) is 3.25. The number of benzene rings is 1. The second-order valence-corrected chi connectivity index (χ2v) is 4.70. The van der Waals surface area contributed by atoms with E-state index >= 15 is 0 Å². The van der Waals surface area contributed by atoms with Gasteiger partial charge in [-0.05, 0) is 13.1 Å². The van der Waals surface area contributed by atoms with E-state index in [0.29, 0.717) is 6.54 Å². The zero-order chi connectivity index (χ0) is 15.2. The largest absolute Gasteiger partial charge is 0.496 e. The van der Waals surface area contributed by atoms with Crippen LogP contribution in [0.4, 0.5) is 0 Å². The molecule has 0 aliphatic heterocycles. The Morgan fingerprint density at radius 3 is 2.73 bits per heavy atom. The summed E-state index contributed by atoms with van der Waals surface area (Å²) in [7, 11) is 5.19. The van der Waals surface area contributed by atoms with Crippen LogP contribution in [0, 0.1) is 0 Å². The van der Waals surface area contributed by atoms with Gasteiger partial charge in [-0.3, -0.25) is 9.48 Å². The molecule has 1 aromatic carbocycles. The lowest BCUT2D eigenvalue weighted by molar-refractivity contribution is -0.123. The van der Waals surface area contributed by atoms with Crippen molar-refractivity contribution in [3.05, 3.63) is 47.8 Å². The normalized spacial score (nSPS) is 11.4. The predicted octanol–water partition coefficient (Wildman–Crippen LogP) is 1.43. The van der Waals surface area contributed by atoms with E-state index in [9.17, 15) is 4.79 Å². The summed E-state index contributed by atoms with van der Waals surface area (Å²) in [5, 5.41) is 10.0. The lowest BCUT2D eigenvalue weighted by atomic mass is 10.1. The lowest BCUT2D eigenvalue weighted by Gasteiger charge is -2.15. The van der Waals surface area contributed by atoms with Crippen molar-refractivity contribution in [2.75, 3.05) is 14.2 Å². The summed E-state index contributed by atoms with van der Waals surface area (Å²) >= 11 is 0. The topological polar surface area (TPSA) is 68.2 Å². The number of para-hydroxylation sites is 1. The Balaban J connectivity index is 0.00000242. The maximum absolute atomic E-state index is 12.3. The quantitative estimate of drug-likeness (QED) is 0.843.